The normalized spacial score (nSPS) is 11.1. The van der Waals surface area contributed by atoms with Crippen LogP contribution in [-0.2, 0) is 0 Å². The third kappa shape index (κ3) is 3.98. The van der Waals surface area contributed by atoms with Crippen molar-refractivity contribution < 1.29 is 19.0 Å². The van der Waals surface area contributed by atoms with E-state index in [1.54, 1.807) is 29.1 Å². The first-order valence-electron chi connectivity index (χ1n) is 8.15. The van der Waals surface area contributed by atoms with Crippen LogP contribution in [0.5, 0.6) is 17.2 Å². The molecule has 27 heavy (non-hydrogen) atoms. The van der Waals surface area contributed by atoms with Crippen molar-refractivity contribution in [1.29, 1.82) is 0 Å². The van der Waals surface area contributed by atoms with Crippen molar-refractivity contribution in [2.24, 2.45) is 4.99 Å². The molecule has 7 heteroatoms. The second-order valence-corrected chi connectivity index (χ2v) is 5.50. The third-order valence-corrected chi connectivity index (χ3v) is 3.86. The molecule has 0 saturated carbocycles. The number of hydrogen-bond donors (Lipinski definition) is 0. The molecule has 0 radical (unpaired) electrons. The Morgan fingerprint density at radius 3 is 2.15 bits per heavy atom. The smallest absolute Gasteiger partial charge is 0.277 e. The Kier molecular flexibility index (Phi) is 5.51. The van der Waals surface area contributed by atoms with E-state index in [2.05, 4.69) is 10.1 Å². The summed E-state index contributed by atoms with van der Waals surface area (Å²) >= 11 is 0. The summed E-state index contributed by atoms with van der Waals surface area (Å²) in [5.41, 5.74) is 1.24. The van der Waals surface area contributed by atoms with E-state index in [-0.39, 0.29) is 0 Å². The number of benzene rings is 2. The summed E-state index contributed by atoms with van der Waals surface area (Å²) in [6.45, 7) is 0. The maximum atomic E-state index is 12.6. The molecule has 0 aliphatic rings. The minimum Gasteiger partial charge on any atom is -0.493 e. The Balaban J connectivity index is 1.92. The summed E-state index contributed by atoms with van der Waals surface area (Å²) in [5.74, 6) is 0.766. The van der Waals surface area contributed by atoms with Crippen molar-refractivity contribution in [3.63, 3.8) is 0 Å². The van der Waals surface area contributed by atoms with Gasteiger partial charge in [0.05, 0.1) is 38.6 Å². The lowest BCUT2D eigenvalue weighted by Gasteiger charge is -2.12. The molecule has 1 amide bonds. The van der Waals surface area contributed by atoms with Gasteiger partial charge in [0.25, 0.3) is 5.91 Å². The number of rotatable bonds is 5. The maximum Gasteiger partial charge on any atom is 0.277 e. The molecule has 0 fully saturated rings. The van der Waals surface area contributed by atoms with Crippen LogP contribution in [0.2, 0.25) is 0 Å². The van der Waals surface area contributed by atoms with Crippen LogP contribution < -0.4 is 19.6 Å². The van der Waals surface area contributed by atoms with E-state index in [1.165, 1.54) is 27.5 Å². The van der Waals surface area contributed by atoms with Gasteiger partial charge in [-0.15, -0.1) is 0 Å². The van der Waals surface area contributed by atoms with Gasteiger partial charge in [-0.2, -0.15) is 5.10 Å². The summed E-state index contributed by atoms with van der Waals surface area (Å²) in [7, 11) is 4.49. The fourth-order valence-corrected chi connectivity index (χ4v) is 2.54. The summed E-state index contributed by atoms with van der Waals surface area (Å²) in [4.78, 5) is 16.7. The van der Waals surface area contributed by atoms with Crippen molar-refractivity contribution >= 4 is 5.91 Å². The molecule has 0 spiro atoms. The molecule has 7 nitrogen and oxygen atoms in total. The maximum absolute atomic E-state index is 12.6. The number of hydrogen-bond acceptors (Lipinski definition) is 5. The van der Waals surface area contributed by atoms with Crippen molar-refractivity contribution in [1.82, 2.24) is 9.78 Å². The number of aromatic nitrogens is 2. The highest BCUT2D eigenvalue weighted by molar-refractivity contribution is 5.96. The summed E-state index contributed by atoms with van der Waals surface area (Å²) in [6, 6.07) is 14.5. The van der Waals surface area contributed by atoms with Crippen molar-refractivity contribution in [2.75, 3.05) is 21.3 Å². The van der Waals surface area contributed by atoms with Crippen LogP contribution in [0.3, 0.4) is 0 Å². The lowest BCUT2D eigenvalue weighted by molar-refractivity contribution is 0.0997. The van der Waals surface area contributed by atoms with Crippen LogP contribution in [0.15, 0.2) is 65.9 Å². The van der Waals surface area contributed by atoms with E-state index in [0.29, 0.717) is 28.2 Å². The number of ether oxygens (including phenoxy) is 3. The largest absolute Gasteiger partial charge is 0.493 e. The molecule has 0 bridgehead atoms. The fraction of sp³-hybridized carbons (Fsp3) is 0.150. The van der Waals surface area contributed by atoms with Crippen LogP contribution in [0.4, 0.5) is 0 Å². The predicted molar refractivity (Wildman–Crippen MR) is 99.6 cm³/mol. The summed E-state index contributed by atoms with van der Waals surface area (Å²) < 4.78 is 17.5. The summed E-state index contributed by atoms with van der Waals surface area (Å²) in [6.07, 6.45) is 3.28. The van der Waals surface area contributed by atoms with Crippen LogP contribution in [0.1, 0.15) is 10.4 Å². The predicted octanol–water partition coefficient (Wildman–Crippen LogP) is 2.64. The number of para-hydroxylation sites is 1. The molecule has 3 rings (SSSR count). The minimum absolute atomic E-state index is 0.323. The summed E-state index contributed by atoms with van der Waals surface area (Å²) in [5, 5.41) is 4.74. The second-order valence-electron chi connectivity index (χ2n) is 5.50. The van der Waals surface area contributed by atoms with E-state index in [4.69, 9.17) is 14.2 Å². The monoisotopic (exact) mass is 365 g/mol. The molecule has 2 aromatic carbocycles. The molecule has 0 saturated heterocycles. The van der Waals surface area contributed by atoms with E-state index >= 15 is 0 Å². The van der Waals surface area contributed by atoms with Gasteiger partial charge in [-0.3, -0.25) is 4.79 Å². The van der Waals surface area contributed by atoms with Crippen molar-refractivity contribution in [3.05, 3.63) is 71.8 Å². The fourth-order valence-electron chi connectivity index (χ4n) is 2.54. The zero-order valence-corrected chi connectivity index (χ0v) is 15.2. The Morgan fingerprint density at radius 2 is 1.63 bits per heavy atom. The Labute approximate surface area is 156 Å². The first kappa shape index (κ1) is 18.2. The van der Waals surface area contributed by atoms with Crippen LogP contribution in [0, 0.1) is 0 Å². The molecular formula is C20H19N3O4. The molecule has 1 aromatic heterocycles. The van der Waals surface area contributed by atoms with E-state index < -0.39 is 5.91 Å². The molecule has 0 aliphatic carbocycles. The minimum atomic E-state index is -0.437. The molecule has 0 atom stereocenters. The van der Waals surface area contributed by atoms with Crippen LogP contribution in [-0.4, -0.2) is 37.0 Å². The van der Waals surface area contributed by atoms with Gasteiger partial charge in [0.2, 0.25) is 5.75 Å². The Hall–Kier alpha value is -3.61. The molecule has 0 aliphatic heterocycles. The molecule has 0 unspecified atom stereocenters. The van der Waals surface area contributed by atoms with Crippen LogP contribution in [0.25, 0.3) is 5.69 Å². The van der Waals surface area contributed by atoms with Gasteiger partial charge in [0.1, 0.15) is 0 Å². The zero-order chi connectivity index (χ0) is 19.2. The van der Waals surface area contributed by atoms with Crippen molar-refractivity contribution in [3.8, 4) is 22.9 Å². The van der Waals surface area contributed by atoms with Gasteiger partial charge in [-0.1, -0.05) is 18.2 Å². The van der Waals surface area contributed by atoms with E-state index in [0.717, 1.165) is 5.69 Å². The average molecular weight is 365 g/mol. The number of methoxy groups -OCH3 is 3. The highest BCUT2D eigenvalue weighted by Gasteiger charge is 2.16. The Morgan fingerprint density at radius 1 is 0.963 bits per heavy atom. The number of amides is 1. The standard InChI is InChI=1S/C20H19N3O4/c1-25-17-11-14(12-18(26-2)19(17)27-3)20(24)22-15-9-10-23(21-13-15)16-7-5-4-6-8-16/h4-13H,1-3H3. The lowest BCUT2D eigenvalue weighted by atomic mass is 10.1. The number of carbonyl (C=O) groups excluding carboxylic acids is 1. The highest BCUT2D eigenvalue weighted by atomic mass is 16.5. The van der Waals surface area contributed by atoms with Crippen molar-refractivity contribution in [2.45, 2.75) is 0 Å². The molecular weight excluding hydrogens is 346 g/mol. The first-order valence-corrected chi connectivity index (χ1v) is 8.15. The van der Waals surface area contributed by atoms with E-state index in [9.17, 15) is 4.79 Å². The van der Waals surface area contributed by atoms with Gasteiger partial charge in [-0.25, -0.2) is 9.67 Å². The lowest BCUT2D eigenvalue weighted by Crippen LogP contribution is -2.11. The zero-order valence-electron chi connectivity index (χ0n) is 15.2. The molecule has 138 valence electrons. The quantitative estimate of drug-likeness (QED) is 0.695. The number of carbonyl (C=O) groups is 1. The van der Waals surface area contributed by atoms with Crippen LogP contribution >= 0.6 is 0 Å². The highest BCUT2D eigenvalue weighted by Crippen LogP contribution is 2.38. The molecule has 3 aromatic rings. The average Bonchev–Trinajstić information content (AvgIpc) is 2.73. The first-order chi connectivity index (χ1) is 13.2. The van der Waals surface area contributed by atoms with Gasteiger partial charge in [0.15, 0.2) is 11.5 Å². The van der Waals surface area contributed by atoms with Gasteiger partial charge in [-0.05, 0) is 30.3 Å². The van der Waals surface area contributed by atoms with E-state index in [1.807, 2.05) is 30.3 Å². The Bertz CT molecular complexity index is 968. The third-order valence-electron chi connectivity index (χ3n) is 3.86. The topological polar surface area (TPSA) is 74.9 Å². The SMILES string of the molecule is COc1cc(C(=O)N=c2ccn(-c3ccccc3)nc2)cc(OC)c1OC. The second kappa shape index (κ2) is 8.18. The molecule has 0 N–H and O–H groups in total. The number of nitrogens with zero attached hydrogens (tertiary/aromatic N) is 3. The molecule has 1 heterocycles. The van der Waals surface area contributed by atoms with Gasteiger partial charge in [0, 0.05) is 11.8 Å². The van der Waals surface area contributed by atoms with Gasteiger partial charge >= 0.3 is 0 Å². The van der Waals surface area contributed by atoms with Gasteiger partial charge < -0.3 is 14.2 Å².